The fourth-order valence-corrected chi connectivity index (χ4v) is 3.24. The van der Waals surface area contributed by atoms with E-state index in [0.29, 0.717) is 0 Å². The first-order chi connectivity index (χ1) is 8.65. The Morgan fingerprint density at radius 1 is 1.39 bits per heavy atom. The van der Waals surface area contributed by atoms with Gasteiger partial charge in [0.25, 0.3) is 0 Å². The van der Waals surface area contributed by atoms with Crippen molar-refractivity contribution in [1.29, 1.82) is 0 Å². The van der Waals surface area contributed by atoms with Crippen LogP contribution in [0.3, 0.4) is 0 Å². The predicted octanol–water partition coefficient (Wildman–Crippen LogP) is 3.82. The summed E-state index contributed by atoms with van der Waals surface area (Å²) in [5.41, 5.74) is 3.52. The zero-order chi connectivity index (χ0) is 12.7. The van der Waals surface area contributed by atoms with Crippen LogP contribution in [0.25, 0.3) is 11.0 Å². The molecule has 0 unspecified atom stereocenters. The van der Waals surface area contributed by atoms with Crippen molar-refractivity contribution in [3.63, 3.8) is 0 Å². The van der Waals surface area contributed by atoms with Crippen molar-refractivity contribution in [2.24, 2.45) is 0 Å². The van der Waals surface area contributed by atoms with Crippen LogP contribution in [0.15, 0.2) is 24.4 Å². The van der Waals surface area contributed by atoms with E-state index in [4.69, 9.17) is 12.2 Å². The molecule has 0 atom stereocenters. The summed E-state index contributed by atoms with van der Waals surface area (Å²) in [6.45, 7) is 4.92. The zero-order valence-corrected chi connectivity index (χ0v) is 11.9. The topological polar surface area (TPSA) is 33.6 Å². The largest absolute Gasteiger partial charge is 0.331 e. The molecule has 0 amide bonds. The Balaban J connectivity index is 2.16. The lowest BCUT2D eigenvalue weighted by molar-refractivity contribution is 0.819. The number of hydrogen-bond acceptors (Lipinski definition) is 3. The van der Waals surface area contributed by atoms with Gasteiger partial charge in [-0.3, -0.25) is 0 Å². The van der Waals surface area contributed by atoms with Crippen LogP contribution in [0.1, 0.15) is 15.4 Å². The lowest BCUT2D eigenvalue weighted by Gasteiger charge is -2.04. The molecule has 0 bridgehead atoms. The van der Waals surface area contributed by atoms with E-state index in [1.807, 2.05) is 19.2 Å². The average molecular weight is 275 g/mol. The zero-order valence-electron chi connectivity index (χ0n) is 10.2. The minimum Gasteiger partial charge on any atom is -0.331 e. The van der Waals surface area contributed by atoms with E-state index in [2.05, 4.69) is 33.6 Å². The normalized spacial score (nSPS) is 11.2. The summed E-state index contributed by atoms with van der Waals surface area (Å²) in [5, 5.41) is 1.09. The monoisotopic (exact) mass is 275 g/mol. The molecule has 0 aliphatic carbocycles. The first kappa shape index (κ1) is 11.6. The number of aromatic amines is 1. The fourth-order valence-electron chi connectivity index (χ4n) is 2.19. The Morgan fingerprint density at radius 3 is 2.94 bits per heavy atom. The number of aryl methyl sites for hydroxylation is 2. The molecule has 1 N–H and O–H groups in total. The number of para-hydroxylation sites is 1. The number of aromatic nitrogens is 3. The Bertz CT molecular complexity index is 764. The maximum atomic E-state index is 5.41. The van der Waals surface area contributed by atoms with E-state index >= 15 is 0 Å². The molecule has 3 rings (SSSR count). The summed E-state index contributed by atoms with van der Waals surface area (Å²) in [6, 6.07) is 6.22. The molecule has 0 saturated carbocycles. The summed E-state index contributed by atoms with van der Waals surface area (Å²) in [6.07, 6.45) is 1.93. The molecule has 3 aromatic rings. The van der Waals surface area contributed by atoms with Gasteiger partial charge in [0.05, 0.1) is 22.6 Å². The third kappa shape index (κ3) is 1.89. The van der Waals surface area contributed by atoms with Crippen LogP contribution >= 0.6 is 23.6 Å². The molecule has 1 aromatic carbocycles. The minimum absolute atomic E-state index is 0.769. The Kier molecular flexibility index (Phi) is 2.80. The van der Waals surface area contributed by atoms with Gasteiger partial charge in [0.1, 0.15) is 0 Å². The minimum atomic E-state index is 0.769. The number of thiazole rings is 1. The number of H-pyrrole nitrogens is 1. The summed E-state index contributed by atoms with van der Waals surface area (Å²) in [4.78, 5) is 8.78. The number of fused-ring (bicyclic) bond motifs is 1. The molecule has 0 saturated heterocycles. The van der Waals surface area contributed by atoms with Gasteiger partial charge in [0.2, 0.25) is 0 Å². The van der Waals surface area contributed by atoms with E-state index in [9.17, 15) is 0 Å². The number of hydrogen-bond donors (Lipinski definition) is 1. The van der Waals surface area contributed by atoms with Gasteiger partial charge in [-0.2, -0.15) is 0 Å². The first-order valence-electron chi connectivity index (χ1n) is 5.74. The molecule has 92 valence electrons. The van der Waals surface area contributed by atoms with Crippen molar-refractivity contribution in [3.8, 4) is 0 Å². The second kappa shape index (κ2) is 4.33. The number of nitrogens with zero attached hydrogens (tertiary/aromatic N) is 2. The van der Waals surface area contributed by atoms with Crippen molar-refractivity contribution in [2.45, 2.75) is 20.4 Å². The number of nitrogens with one attached hydrogen (secondary N) is 1. The molecular formula is C13H13N3S2. The molecule has 2 aromatic heterocycles. The SMILES string of the molecule is Cc1ncc(Cn2c(=S)[nH]c3cccc(C)c32)s1. The van der Waals surface area contributed by atoms with Gasteiger partial charge in [-0.05, 0) is 37.7 Å². The van der Waals surface area contributed by atoms with Crippen LogP contribution in [-0.2, 0) is 6.54 Å². The van der Waals surface area contributed by atoms with Gasteiger partial charge >= 0.3 is 0 Å². The van der Waals surface area contributed by atoms with E-state index in [0.717, 1.165) is 21.8 Å². The van der Waals surface area contributed by atoms with Crippen LogP contribution in [0.5, 0.6) is 0 Å². The first-order valence-corrected chi connectivity index (χ1v) is 6.97. The lowest BCUT2D eigenvalue weighted by Crippen LogP contribution is -1.98. The average Bonchev–Trinajstić information content (AvgIpc) is 2.85. The number of rotatable bonds is 2. The summed E-state index contributed by atoms with van der Waals surface area (Å²) in [7, 11) is 0. The molecule has 0 aliphatic heterocycles. The van der Waals surface area contributed by atoms with E-state index in [1.165, 1.54) is 16.0 Å². The van der Waals surface area contributed by atoms with Gasteiger partial charge in [-0.15, -0.1) is 11.3 Å². The highest BCUT2D eigenvalue weighted by molar-refractivity contribution is 7.71. The summed E-state index contributed by atoms with van der Waals surface area (Å²) in [5.74, 6) is 0. The van der Waals surface area contributed by atoms with Gasteiger partial charge in [-0.1, -0.05) is 12.1 Å². The summed E-state index contributed by atoms with van der Waals surface area (Å²) >= 11 is 7.13. The molecule has 18 heavy (non-hydrogen) atoms. The predicted molar refractivity (Wildman–Crippen MR) is 77.8 cm³/mol. The Hall–Kier alpha value is -1.46. The third-order valence-corrected chi connectivity index (χ3v) is 4.20. The number of imidazole rings is 1. The standard InChI is InChI=1S/C13H13N3S2/c1-8-4-3-5-11-12(8)16(13(17)15-11)7-10-6-14-9(2)18-10/h3-6H,7H2,1-2H3,(H,15,17). The van der Waals surface area contributed by atoms with Crippen molar-refractivity contribution in [2.75, 3.05) is 0 Å². The highest BCUT2D eigenvalue weighted by Crippen LogP contribution is 2.21. The van der Waals surface area contributed by atoms with Gasteiger partial charge in [0, 0.05) is 11.1 Å². The van der Waals surface area contributed by atoms with E-state index in [-0.39, 0.29) is 0 Å². The van der Waals surface area contributed by atoms with E-state index in [1.54, 1.807) is 11.3 Å². The van der Waals surface area contributed by atoms with Crippen LogP contribution in [0.4, 0.5) is 0 Å². The van der Waals surface area contributed by atoms with Crippen LogP contribution < -0.4 is 0 Å². The smallest absolute Gasteiger partial charge is 0.178 e. The van der Waals surface area contributed by atoms with Crippen molar-refractivity contribution >= 4 is 34.6 Å². The maximum absolute atomic E-state index is 5.41. The highest BCUT2D eigenvalue weighted by atomic mass is 32.1. The van der Waals surface area contributed by atoms with E-state index < -0.39 is 0 Å². The quantitative estimate of drug-likeness (QED) is 0.721. The fraction of sp³-hybridized carbons (Fsp3) is 0.231. The lowest BCUT2D eigenvalue weighted by atomic mass is 10.2. The maximum Gasteiger partial charge on any atom is 0.178 e. The van der Waals surface area contributed by atoms with Crippen molar-refractivity contribution in [3.05, 3.63) is 44.6 Å². The highest BCUT2D eigenvalue weighted by Gasteiger charge is 2.08. The van der Waals surface area contributed by atoms with Crippen LogP contribution in [-0.4, -0.2) is 14.5 Å². The Morgan fingerprint density at radius 2 is 2.22 bits per heavy atom. The third-order valence-electron chi connectivity index (χ3n) is 2.98. The van der Waals surface area contributed by atoms with Crippen molar-refractivity contribution in [1.82, 2.24) is 14.5 Å². The molecule has 0 fully saturated rings. The second-order valence-electron chi connectivity index (χ2n) is 4.33. The summed E-state index contributed by atoms with van der Waals surface area (Å²) < 4.78 is 2.91. The van der Waals surface area contributed by atoms with Crippen LogP contribution in [0.2, 0.25) is 0 Å². The number of benzene rings is 1. The van der Waals surface area contributed by atoms with Crippen molar-refractivity contribution < 1.29 is 0 Å². The molecule has 0 radical (unpaired) electrons. The molecule has 3 nitrogen and oxygen atoms in total. The molecule has 0 aliphatic rings. The Labute approximate surface area is 114 Å². The second-order valence-corrected chi connectivity index (χ2v) is 6.04. The van der Waals surface area contributed by atoms with Gasteiger partial charge in [-0.25, -0.2) is 4.98 Å². The molecule has 5 heteroatoms. The molecular weight excluding hydrogens is 262 g/mol. The van der Waals surface area contributed by atoms with Gasteiger partial charge < -0.3 is 9.55 Å². The van der Waals surface area contributed by atoms with Crippen LogP contribution in [0, 0.1) is 18.6 Å². The molecule has 2 heterocycles. The molecule has 0 spiro atoms. The van der Waals surface area contributed by atoms with Gasteiger partial charge in [0.15, 0.2) is 4.77 Å².